The molecule has 0 aromatic carbocycles. The molecule has 2 N–H and O–H groups in total. The molecule has 0 unspecified atom stereocenters. The van der Waals surface area contributed by atoms with E-state index in [9.17, 15) is 0 Å². The summed E-state index contributed by atoms with van der Waals surface area (Å²) in [6.45, 7) is 7.49. The third-order valence-corrected chi connectivity index (χ3v) is 1.27. The van der Waals surface area contributed by atoms with Crippen molar-refractivity contribution in [1.29, 1.82) is 0 Å². The van der Waals surface area contributed by atoms with Crippen molar-refractivity contribution < 1.29 is 0 Å². The molecule has 0 atom stereocenters. The zero-order valence-corrected chi connectivity index (χ0v) is 7.54. The van der Waals surface area contributed by atoms with Gasteiger partial charge in [0.1, 0.15) is 0 Å². The summed E-state index contributed by atoms with van der Waals surface area (Å²) < 4.78 is 1.89. The summed E-state index contributed by atoms with van der Waals surface area (Å²) in [4.78, 5) is 0. The number of nitrogens with zero attached hydrogens (tertiary/aromatic N) is 2. The van der Waals surface area contributed by atoms with E-state index < -0.39 is 0 Å². The summed E-state index contributed by atoms with van der Waals surface area (Å²) in [5.41, 5.74) is 6.49. The van der Waals surface area contributed by atoms with E-state index >= 15 is 0 Å². The second-order valence-corrected chi connectivity index (χ2v) is 1.98. The number of nitrogens with two attached hydrogens (primary N) is 1. The van der Waals surface area contributed by atoms with Crippen LogP contribution in [0.2, 0.25) is 0 Å². The van der Waals surface area contributed by atoms with Crippen LogP contribution in [0.25, 0.3) is 0 Å². The Morgan fingerprint density at radius 2 is 2.18 bits per heavy atom. The smallest absolute Gasteiger partial charge is 0.0534 e. The Morgan fingerprint density at radius 1 is 1.55 bits per heavy atom. The molecule has 0 aliphatic heterocycles. The van der Waals surface area contributed by atoms with E-state index in [1.54, 1.807) is 6.20 Å². The average Bonchev–Trinajstić information content (AvgIpc) is 2.42. The lowest BCUT2D eigenvalue weighted by molar-refractivity contribution is 0.608. The highest BCUT2D eigenvalue weighted by molar-refractivity contribution is 4.96. The first-order valence-electron chi connectivity index (χ1n) is 4.03. The van der Waals surface area contributed by atoms with Crippen molar-refractivity contribution in [3.05, 3.63) is 18.0 Å². The van der Waals surface area contributed by atoms with Gasteiger partial charge in [0, 0.05) is 18.4 Å². The number of aromatic nitrogens is 2. The van der Waals surface area contributed by atoms with Crippen LogP contribution in [0.1, 0.15) is 19.5 Å². The van der Waals surface area contributed by atoms with Crippen molar-refractivity contribution in [3.63, 3.8) is 0 Å². The molecular formula is C8H17N3. The van der Waals surface area contributed by atoms with Crippen LogP contribution in [0, 0.1) is 6.92 Å². The molecule has 0 aliphatic carbocycles. The second kappa shape index (κ2) is 5.92. The van der Waals surface area contributed by atoms with Gasteiger partial charge in [0.25, 0.3) is 0 Å². The van der Waals surface area contributed by atoms with Crippen molar-refractivity contribution in [3.8, 4) is 0 Å². The SMILES string of the molecule is CC.Cc1ccnn1CCN. The third kappa shape index (κ3) is 3.18. The standard InChI is InChI=1S/C6H11N3.C2H6/c1-6-2-4-8-9(6)5-3-7;1-2/h2,4H,3,5,7H2,1H3;1-2H3. The fourth-order valence-electron chi connectivity index (χ4n) is 0.755. The summed E-state index contributed by atoms with van der Waals surface area (Å²) in [5, 5.41) is 4.04. The molecule has 0 radical (unpaired) electrons. The quantitative estimate of drug-likeness (QED) is 0.697. The Morgan fingerprint density at radius 3 is 2.55 bits per heavy atom. The van der Waals surface area contributed by atoms with Crippen molar-refractivity contribution >= 4 is 0 Å². The molecule has 0 fully saturated rings. The van der Waals surface area contributed by atoms with E-state index in [1.165, 1.54) is 5.69 Å². The molecule has 64 valence electrons. The van der Waals surface area contributed by atoms with E-state index in [4.69, 9.17) is 5.73 Å². The topological polar surface area (TPSA) is 43.8 Å². The fraction of sp³-hybridized carbons (Fsp3) is 0.625. The van der Waals surface area contributed by atoms with Crippen LogP contribution in [0.3, 0.4) is 0 Å². The Labute approximate surface area is 68.2 Å². The normalized spacial score (nSPS) is 8.73. The van der Waals surface area contributed by atoms with Gasteiger partial charge in [-0.2, -0.15) is 5.10 Å². The van der Waals surface area contributed by atoms with Gasteiger partial charge in [0.2, 0.25) is 0 Å². The highest BCUT2D eigenvalue weighted by Gasteiger charge is 1.91. The van der Waals surface area contributed by atoms with E-state index in [-0.39, 0.29) is 0 Å². The minimum absolute atomic E-state index is 0.655. The van der Waals surface area contributed by atoms with Gasteiger partial charge >= 0.3 is 0 Å². The Kier molecular flexibility index (Phi) is 5.47. The molecule has 1 aromatic heterocycles. The molecule has 3 heteroatoms. The fourth-order valence-corrected chi connectivity index (χ4v) is 0.755. The van der Waals surface area contributed by atoms with Crippen molar-refractivity contribution in [2.24, 2.45) is 5.73 Å². The summed E-state index contributed by atoms with van der Waals surface area (Å²) in [6.07, 6.45) is 1.78. The molecule has 1 aromatic rings. The predicted octanol–water partition coefficient (Wildman–Crippen LogP) is 1.18. The van der Waals surface area contributed by atoms with Gasteiger partial charge in [0.05, 0.1) is 6.54 Å². The lowest BCUT2D eigenvalue weighted by Crippen LogP contribution is -2.11. The van der Waals surface area contributed by atoms with Gasteiger partial charge in [-0.1, -0.05) is 13.8 Å². The molecule has 0 aliphatic rings. The maximum Gasteiger partial charge on any atom is 0.0534 e. The molecule has 0 amide bonds. The largest absolute Gasteiger partial charge is 0.329 e. The summed E-state index contributed by atoms with van der Waals surface area (Å²) in [5.74, 6) is 0. The second-order valence-electron chi connectivity index (χ2n) is 1.98. The van der Waals surface area contributed by atoms with Gasteiger partial charge in [0.15, 0.2) is 0 Å². The van der Waals surface area contributed by atoms with Crippen molar-refractivity contribution in [1.82, 2.24) is 9.78 Å². The van der Waals surface area contributed by atoms with E-state index in [0.717, 1.165) is 6.54 Å². The minimum Gasteiger partial charge on any atom is -0.329 e. The van der Waals surface area contributed by atoms with E-state index in [2.05, 4.69) is 5.10 Å². The van der Waals surface area contributed by atoms with Crippen LogP contribution in [0.5, 0.6) is 0 Å². The Bertz CT molecular complexity index is 181. The molecule has 0 spiro atoms. The van der Waals surface area contributed by atoms with Crippen molar-refractivity contribution in [2.75, 3.05) is 6.54 Å². The summed E-state index contributed by atoms with van der Waals surface area (Å²) >= 11 is 0. The molecular weight excluding hydrogens is 138 g/mol. The average molecular weight is 155 g/mol. The van der Waals surface area contributed by atoms with Crippen LogP contribution >= 0.6 is 0 Å². The minimum atomic E-state index is 0.655. The van der Waals surface area contributed by atoms with Crippen LogP contribution in [-0.4, -0.2) is 16.3 Å². The maximum absolute atomic E-state index is 5.33. The Hall–Kier alpha value is -0.830. The van der Waals surface area contributed by atoms with Crippen LogP contribution in [-0.2, 0) is 6.54 Å². The van der Waals surface area contributed by atoms with E-state index in [0.29, 0.717) is 6.54 Å². The monoisotopic (exact) mass is 155 g/mol. The Balaban J connectivity index is 0.000000461. The zero-order chi connectivity index (χ0) is 8.69. The molecule has 0 bridgehead atoms. The van der Waals surface area contributed by atoms with Crippen molar-refractivity contribution in [2.45, 2.75) is 27.3 Å². The molecule has 0 saturated heterocycles. The van der Waals surface area contributed by atoms with Crippen LogP contribution in [0.4, 0.5) is 0 Å². The first-order chi connectivity index (χ1) is 5.34. The number of hydrogen-bond acceptors (Lipinski definition) is 2. The highest BCUT2D eigenvalue weighted by atomic mass is 15.3. The van der Waals surface area contributed by atoms with Gasteiger partial charge in [-0.25, -0.2) is 0 Å². The summed E-state index contributed by atoms with van der Waals surface area (Å²) in [7, 11) is 0. The van der Waals surface area contributed by atoms with Crippen LogP contribution < -0.4 is 5.73 Å². The first kappa shape index (κ1) is 10.2. The zero-order valence-electron chi connectivity index (χ0n) is 7.54. The predicted molar refractivity (Wildman–Crippen MR) is 47.4 cm³/mol. The molecule has 1 heterocycles. The van der Waals surface area contributed by atoms with Gasteiger partial charge in [-0.05, 0) is 13.0 Å². The molecule has 0 saturated carbocycles. The molecule has 3 nitrogen and oxygen atoms in total. The van der Waals surface area contributed by atoms with Gasteiger partial charge in [-0.3, -0.25) is 4.68 Å². The molecule has 11 heavy (non-hydrogen) atoms. The number of aryl methyl sites for hydroxylation is 1. The van der Waals surface area contributed by atoms with Gasteiger partial charge < -0.3 is 5.73 Å². The first-order valence-corrected chi connectivity index (χ1v) is 4.03. The number of hydrogen-bond donors (Lipinski definition) is 1. The lowest BCUT2D eigenvalue weighted by Gasteiger charge is -1.98. The van der Waals surface area contributed by atoms with E-state index in [1.807, 2.05) is 31.5 Å². The maximum atomic E-state index is 5.33. The number of rotatable bonds is 2. The third-order valence-electron chi connectivity index (χ3n) is 1.27. The van der Waals surface area contributed by atoms with Gasteiger partial charge in [-0.15, -0.1) is 0 Å². The lowest BCUT2D eigenvalue weighted by atomic mass is 10.5. The van der Waals surface area contributed by atoms with Crippen LogP contribution in [0.15, 0.2) is 12.3 Å². The summed E-state index contributed by atoms with van der Waals surface area (Å²) in [6, 6.07) is 1.97. The highest BCUT2D eigenvalue weighted by Crippen LogP contribution is 1.93. The molecule has 1 rings (SSSR count).